The van der Waals surface area contributed by atoms with Crippen molar-refractivity contribution in [1.29, 1.82) is 0 Å². The van der Waals surface area contributed by atoms with Gasteiger partial charge in [-0.1, -0.05) is 44.2 Å². The van der Waals surface area contributed by atoms with Crippen LogP contribution in [0.4, 0.5) is 4.79 Å². The Kier molecular flexibility index (Phi) is 8.50. The quantitative estimate of drug-likeness (QED) is 0.527. The average molecular weight is 445 g/mol. The van der Waals surface area contributed by atoms with Crippen molar-refractivity contribution in [2.45, 2.75) is 45.2 Å². The van der Waals surface area contributed by atoms with Gasteiger partial charge in [0.1, 0.15) is 12.6 Å². The Hall–Kier alpha value is -2.61. The fourth-order valence-electron chi connectivity index (χ4n) is 4.54. The third kappa shape index (κ3) is 6.00. The van der Waals surface area contributed by atoms with Crippen LogP contribution in [-0.4, -0.2) is 91.1 Å². The van der Waals surface area contributed by atoms with Crippen molar-refractivity contribution in [2.75, 3.05) is 46.4 Å². The van der Waals surface area contributed by atoms with Crippen LogP contribution in [0.25, 0.3) is 0 Å². The van der Waals surface area contributed by atoms with Gasteiger partial charge in [0.15, 0.2) is 0 Å². The highest BCUT2D eigenvalue weighted by atomic mass is 16.5. The third-order valence-corrected chi connectivity index (χ3v) is 6.08. The monoisotopic (exact) mass is 444 g/mol. The number of aryl methyl sites for hydroxylation is 1. The molecule has 8 heteroatoms. The molecule has 0 bridgehead atoms. The van der Waals surface area contributed by atoms with Crippen molar-refractivity contribution in [2.24, 2.45) is 5.92 Å². The van der Waals surface area contributed by atoms with E-state index in [-0.39, 0.29) is 36.3 Å². The normalized spacial score (nSPS) is 20.8. The van der Waals surface area contributed by atoms with Crippen LogP contribution in [0, 0.1) is 5.92 Å². The number of amides is 4. The van der Waals surface area contributed by atoms with Gasteiger partial charge in [-0.25, -0.2) is 4.79 Å². The first-order chi connectivity index (χ1) is 15.4. The zero-order chi connectivity index (χ0) is 23.1. The van der Waals surface area contributed by atoms with Crippen molar-refractivity contribution in [3.05, 3.63) is 35.9 Å². The molecule has 1 N–H and O–H groups in total. The molecule has 4 amide bonds. The van der Waals surface area contributed by atoms with Gasteiger partial charge in [0.05, 0.1) is 12.6 Å². The van der Waals surface area contributed by atoms with Gasteiger partial charge in [-0.2, -0.15) is 0 Å². The number of methoxy groups -OCH3 is 1. The molecule has 2 aliphatic heterocycles. The van der Waals surface area contributed by atoms with Crippen LogP contribution >= 0.6 is 0 Å². The van der Waals surface area contributed by atoms with Gasteiger partial charge in [-0.05, 0) is 30.7 Å². The van der Waals surface area contributed by atoms with E-state index in [9.17, 15) is 14.4 Å². The molecule has 0 spiro atoms. The molecular formula is C24H36N4O4. The molecule has 0 aromatic heterocycles. The number of benzene rings is 1. The van der Waals surface area contributed by atoms with Crippen molar-refractivity contribution < 1.29 is 19.1 Å². The number of fused-ring (bicyclic) bond motifs is 1. The molecule has 0 aliphatic carbocycles. The van der Waals surface area contributed by atoms with Gasteiger partial charge in [0.25, 0.3) is 0 Å². The standard InChI is InChI=1S/C24H36N4O4/c1-18(2)14-21-23(30)26(12-13-32-3)15-20-16-27(24(31)28(20)21)17-22(29)25-11-7-10-19-8-5-4-6-9-19/h4-6,8-9,18,20-21H,7,10-17H2,1-3H3,(H,25,29)/t20-,21+/m1/s1. The lowest BCUT2D eigenvalue weighted by atomic mass is 9.97. The maximum atomic E-state index is 13.1. The highest BCUT2D eigenvalue weighted by molar-refractivity contribution is 5.91. The third-order valence-electron chi connectivity index (χ3n) is 6.08. The number of hydrogen-bond acceptors (Lipinski definition) is 4. The van der Waals surface area contributed by atoms with Gasteiger partial charge >= 0.3 is 6.03 Å². The first-order valence-corrected chi connectivity index (χ1v) is 11.6. The summed E-state index contributed by atoms with van der Waals surface area (Å²) < 4.78 is 5.15. The summed E-state index contributed by atoms with van der Waals surface area (Å²) in [6.07, 6.45) is 2.36. The number of ether oxygens (including phenoxy) is 1. The van der Waals surface area contributed by atoms with Gasteiger partial charge in [-0.3, -0.25) is 9.59 Å². The van der Waals surface area contributed by atoms with E-state index in [1.807, 2.05) is 18.2 Å². The Morgan fingerprint density at radius 3 is 2.56 bits per heavy atom. The predicted molar refractivity (Wildman–Crippen MR) is 122 cm³/mol. The lowest BCUT2D eigenvalue weighted by Gasteiger charge is -2.42. The minimum Gasteiger partial charge on any atom is -0.383 e. The van der Waals surface area contributed by atoms with E-state index in [2.05, 4.69) is 31.3 Å². The van der Waals surface area contributed by atoms with Gasteiger partial charge in [-0.15, -0.1) is 0 Å². The topological polar surface area (TPSA) is 82.2 Å². The van der Waals surface area contributed by atoms with Gasteiger partial charge in [0, 0.05) is 33.3 Å². The number of nitrogens with zero attached hydrogens (tertiary/aromatic N) is 3. The second-order valence-electron chi connectivity index (χ2n) is 9.09. The number of rotatable bonds is 11. The van der Waals surface area contributed by atoms with Crippen LogP contribution in [0.1, 0.15) is 32.3 Å². The molecule has 8 nitrogen and oxygen atoms in total. The summed E-state index contributed by atoms with van der Waals surface area (Å²) in [5.41, 5.74) is 1.24. The smallest absolute Gasteiger partial charge is 0.321 e. The van der Waals surface area contributed by atoms with Crippen molar-refractivity contribution in [3.63, 3.8) is 0 Å². The van der Waals surface area contributed by atoms with E-state index in [0.717, 1.165) is 12.8 Å². The van der Waals surface area contributed by atoms with E-state index in [1.54, 1.807) is 21.8 Å². The summed E-state index contributed by atoms with van der Waals surface area (Å²) in [5.74, 6) is 0.100. The molecule has 2 fully saturated rings. The molecule has 3 rings (SSSR count). The Morgan fingerprint density at radius 1 is 1.16 bits per heavy atom. The fraction of sp³-hybridized carbons (Fsp3) is 0.625. The maximum Gasteiger partial charge on any atom is 0.321 e. The van der Waals surface area contributed by atoms with Crippen molar-refractivity contribution in [1.82, 2.24) is 20.0 Å². The molecule has 32 heavy (non-hydrogen) atoms. The van der Waals surface area contributed by atoms with E-state index < -0.39 is 6.04 Å². The molecule has 1 aromatic carbocycles. The summed E-state index contributed by atoms with van der Waals surface area (Å²) in [4.78, 5) is 43.8. The molecule has 0 saturated carbocycles. The second-order valence-corrected chi connectivity index (χ2v) is 9.09. The second kappa shape index (κ2) is 11.3. The number of carbonyl (C=O) groups excluding carboxylic acids is 3. The van der Waals surface area contributed by atoms with Crippen LogP contribution in [0.15, 0.2) is 30.3 Å². The number of piperazine rings is 1. The molecule has 0 radical (unpaired) electrons. The summed E-state index contributed by atoms with van der Waals surface area (Å²) in [7, 11) is 1.62. The van der Waals surface area contributed by atoms with Gasteiger partial charge < -0.3 is 24.8 Å². The highest BCUT2D eigenvalue weighted by Gasteiger charge is 2.49. The number of urea groups is 1. The largest absolute Gasteiger partial charge is 0.383 e. The lowest BCUT2D eigenvalue weighted by Crippen LogP contribution is -2.61. The molecule has 2 aliphatic rings. The Balaban J connectivity index is 1.54. The maximum absolute atomic E-state index is 13.1. The van der Waals surface area contributed by atoms with Crippen LogP contribution in [-0.2, 0) is 20.7 Å². The molecule has 176 valence electrons. The SMILES string of the molecule is COCCN1C[C@@H]2CN(CC(=O)NCCCc3ccccc3)C(=O)N2[C@@H](CC(C)C)C1=O. The van der Waals surface area contributed by atoms with E-state index >= 15 is 0 Å². The van der Waals surface area contributed by atoms with Crippen molar-refractivity contribution in [3.8, 4) is 0 Å². The van der Waals surface area contributed by atoms with Crippen LogP contribution in [0.5, 0.6) is 0 Å². The Bertz CT molecular complexity index is 785. The summed E-state index contributed by atoms with van der Waals surface area (Å²) in [6.45, 7) is 6.63. The van der Waals surface area contributed by atoms with Crippen LogP contribution in [0.3, 0.4) is 0 Å². The molecule has 1 aromatic rings. The summed E-state index contributed by atoms with van der Waals surface area (Å²) in [6, 6.07) is 9.38. The van der Waals surface area contributed by atoms with Crippen LogP contribution in [0.2, 0.25) is 0 Å². The van der Waals surface area contributed by atoms with Crippen molar-refractivity contribution >= 4 is 17.8 Å². The first kappa shape index (κ1) is 24.0. The molecule has 0 unspecified atom stereocenters. The molecule has 2 heterocycles. The number of carbonyl (C=O) groups is 3. The fourth-order valence-corrected chi connectivity index (χ4v) is 4.54. The Morgan fingerprint density at radius 2 is 1.88 bits per heavy atom. The molecule has 2 atom stereocenters. The minimum absolute atomic E-state index is 0.0208. The van der Waals surface area contributed by atoms with E-state index in [0.29, 0.717) is 39.2 Å². The molecular weight excluding hydrogens is 408 g/mol. The van der Waals surface area contributed by atoms with E-state index in [1.165, 1.54) is 5.56 Å². The first-order valence-electron chi connectivity index (χ1n) is 11.6. The summed E-state index contributed by atoms with van der Waals surface area (Å²) >= 11 is 0. The van der Waals surface area contributed by atoms with Crippen LogP contribution < -0.4 is 5.32 Å². The predicted octanol–water partition coefficient (Wildman–Crippen LogP) is 1.74. The number of nitrogens with one attached hydrogen (secondary N) is 1. The van der Waals surface area contributed by atoms with Gasteiger partial charge in [0.2, 0.25) is 11.8 Å². The highest BCUT2D eigenvalue weighted by Crippen LogP contribution is 2.28. The Labute approximate surface area is 190 Å². The average Bonchev–Trinajstić information content (AvgIpc) is 3.07. The van der Waals surface area contributed by atoms with E-state index in [4.69, 9.17) is 4.74 Å². The lowest BCUT2D eigenvalue weighted by molar-refractivity contribution is -0.143. The summed E-state index contributed by atoms with van der Waals surface area (Å²) in [5, 5.41) is 2.93. The zero-order valence-electron chi connectivity index (χ0n) is 19.5. The molecule has 2 saturated heterocycles. The zero-order valence-corrected chi connectivity index (χ0v) is 19.5. The minimum atomic E-state index is -0.475. The number of hydrogen-bond donors (Lipinski definition) is 1.